The number of rotatable bonds is 2. The van der Waals surface area contributed by atoms with Crippen molar-refractivity contribution in [2.75, 3.05) is 4.90 Å². The number of nitrogens with zero attached hydrogens (tertiary/aromatic N) is 3. The molecule has 0 unspecified atom stereocenters. The Morgan fingerprint density at radius 2 is 1.89 bits per heavy atom. The Balaban J connectivity index is 2.01. The van der Waals surface area contributed by atoms with E-state index in [1.807, 2.05) is 47.4 Å². The predicted molar refractivity (Wildman–Crippen MR) is 104 cm³/mol. The van der Waals surface area contributed by atoms with E-state index in [0.29, 0.717) is 5.02 Å². The molecule has 5 heteroatoms. The van der Waals surface area contributed by atoms with Crippen LogP contribution in [-0.4, -0.2) is 17.9 Å². The molecule has 0 spiro atoms. The van der Waals surface area contributed by atoms with Crippen LogP contribution in [0.1, 0.15) is 24.0 Å². The fraction of sp³-hybridized carbons (Fsp3) is 0.227. The molecule has 0 aromatic heterocycles. The number of ketones is 1. The van der Waals surface area contributed by atoms with Crippen molar-refractivity contribution < 1.29 is 4.79 Å². The molecule has 4 nitrogen and oxygen atoms in total. The minimum Gasteiger partial charge on any atom is -0.351 e. The minimum atomic E-state index is -1.40. The zero-order valence-electron chi connectivity index (χ0n) is 14.6. The summed E-state index contributed by atoms with van der Waals surface area (Å²) in [6.07, 6.45) is 3.80. The Hall–Kier alpha value is -3.08. The first-order chi connectivity index (χ1) is 13.0. The maximum absolute atomic E-state index is 12.8. The van der Waals surface area contributed by atoms with E-state index in [4.69, 9.17) is 11.6 Å². The number of hydrogen-bond acceptors (Lipinski definition) is 4. The van der Waals surface area contributed by atoms with Gasteiger partial charge >= 0.3 is 0 Å². The summed E-state index contributed by atoms with van der Waals surface area (Å²) in [7, 11) is 0. The van der Waals surface area contributed by atoms with Crippen LogP contribution in [0.4, 0.5) is 5.69 Å². The third-order valence-electron chi connectivity index (χ3n) is 5.54. The molecular weight excluding hydrogens is 358 g/mol. The summed E-state index contributed by atoms with van der Waals surface area (Å²) in [6, 6.07) is 18.2. The lowest BCUT2D eigenvalue weighted by Gasteiger charge is -2.35. The van der Waals surface area contributed by atoms with Crippen LogP contribution in [0.5, 0.6) is 0 Å². The van der Waals surface area contributed by atoms with Gasteiger partial charge in [0.1, 0.15) is 0 Å². The van der Waals surface area contributed by atoms with Crippen molar-refractivity contribution in [1.29, 1.82) is 10.5 Å². The highest BCUT2D eigenvalue weighted by Crippen LogP contribution is 2.55. The lowest BCUT2D eigenvalue weighted by atomic mass is 9.69. The number of nitriles is 2. The van der Waals surface area contributed by atoms with Gasteiger partial charge in [-0.05, 0) is 36.2 Å². The first kappa shape index (κ1) is 17.3. The zero-order valence-corrected chi connectivity index (χ0v) is 15.4. The van der Waals surface area contributed by atoms with Gasteiger partial charge in [-0.25, -0.2) is 0 Å². The summed E-state index contributed by atoms with van der Waals surface area (Å²) < 4.78 is 0. The van der Waals surface area contributed by atoms with Gasteiger partial charge in [-0.15, -0.1) is 0 Å². The van der Waals surface area contributed by atoms with Gasteiger partial charge in [0.05, 0.1) is 24.2 Å². The van der Waals surface area contributed by atoms with E-state index in [-0.39, 0.29) is 5.78 Å². The number of benzene rings is 2. The molecule has 0 aliphatic carbocycles. The fourth-order valence-electron chi connectivity index (χ4n) is 4.46. The van der Waals surface area contributed by atoms with Crippen LogP contribution in [0.15, 0.2) is 54.6 Å². The number of hydrogen-bond donors (Lipinski definition) is 0. The van der Waals surface area contributed by atoms with E-state index in [9.17, 15) is 15.3 Å². The Bertz CT molecular complexity index is 1030. The quantitative estimate of drug-likeness (QED) is 0.785. The smallest absolute Gasteiger partial charge is 0.176 e. The summed E-state index contributed by atoms with van der Waals surface area (Å²) in [5.74, 6) is -0.688. The van der Waals surface area contributed by atoms with Crippen molar-refractivity contribution in [1.82, 2.24) is 0 Å². The van der Waals surface area contributed by atoms with Crippen LogP contribution >= 0.6 is 11.6 Å². The molecule has 2 aliphatic heterocycles. The number of fused-ring (bicyclic) bond motifs is 3. The highest BCUT2D eigenvalue weighted by atomic mass is 35.5. The minimum absolute atomic E-state index is 0.0811. The molecule has 2 aromatic carbocycles. The van der Waals surface area contributed by atoms with Crippen molar-refractivity contribution in [2.24, 2.45) is 5.41 Å². The number of Topliss-reactive ketones (excluding diaryl/α,β-unsaturated/α-hetero) is 1. The third-order valence-corrected chi connectivity index (χ3v) is 5.77. The molecule has 132 valence electrons. The molecule has 0 saturated carbocycles. The molecule has 0 N–H and O–H groups in total. The summed E-state index contributed by atoms with van der Waals surface area (Å²) in [6.45, 7) is 1.52. The van der Waals surface area contributed by atoms with Gasteiger partial charge in [0.2, 0.25) is 0 Å². The second-order valence-corrected chi connectivity index (χ2v) is 7.39. The van der Waals surface area contributed by atoms with Crippen molar-refractivity contribution >= 4 is 29.1 Å². The average Bonchev–Trinajstić information content (AvgIpc) is 2.99. The lowest BCUT2D eigenvalue weighted by Crippen LogP contribution is -2.43. The van der Waals surface area contributed by atoms with Gasteiger partial charge in [-0.3, -0.25) is 4.79 Å². The summed E-state index contributed by atoms with van der Waals surface area (Å²) in [5, 5.41) is 20.8. The molecule has 2 heterocycles. The van der Waals surface area contributed by atoms with Gasteiger partial charge in [-0.2, -0.15) is 10.5 Å². The van der Waals surface area contributed by atoms with Crippen molar-refractivity contribution in [3.63, 3.8) is 0 Å². The summed E-state index contributed by atoms with van der Waals surface area (Å²) >= 11 is 6.19. The number of carbonyl (C=O) groups is 1. The largest absolute Gasteiger partial charge is 0.351 e. The van der Waals surface area contributed by atoms with Crippen molar-refractivity contribution in [3.8, 4) is 12.1 Å². The van der Waals surface area contributed by atoms with Crippen LogP contribution in [0.2, 0.25) is 5.02 Å². The van der Waals surface area contributed by atoms with Gasteiger partial charge in [-0.1, -0.05) is 54.1 Å². The predicted octanol–water partition coefficient (Wildman–Crippen LogP) is 4.33. The number of para-hydroxylation sites is 1. The van der Waals surface area contributed by atoms with E-state index < -0.39 is 23.4 Å². The lowest BCUT2D eigenvalue weighted by molar-refractivity contribution is -0.118. The molecule has 2 aliphatic rings. The molecular formula is C22H16ClN3O. The van der Waals surface area contributed by atoms with Crippen molar-refractivity contribution in [2.45, 2.75) is 24.9 Å². The van der Waals surface area contributed by atoms with Crippen LogP contribution in [-0.2, 0) is 4.79 Å². The molecule has 0 amide bonds. The molecule has 2 aromatic rings. The number of carbonyl (C=O) groups excluding carboxylic acids is 1. The van der Waals surface area contributed by atoms with E-state index in [2.05, 4.69) is 12.1 Å². The number of halogens is 1. The maximum atomic E-state index is 12.8. The van der Waals surface area contributed by atoms with Gasteiger partial charge in [0.25, 0.3) is 0 Å². The molecule has 3 atom stereocenters. The van der Waals surface area contributed by atoms with Crippen molar-refractivity contribution in [3.05, 3.63) is 70.8 Å². The van der Waals surface area contributed by atoms with E-state index in [1.165, 1.54) is 6.92 Å². The SMILES string of the molecule is CC(=O)[C@@H]1[C@@H](c2cccc(Cl)c2)C(C#N)(C#N)[C@@H]2C=Cc3ccccc3N12. The number of anilines is 1. The highest BCUT2D eigenvalue weighted by molar-refractivity contribution is 6.30. The average molecular weight is 374 g/mol. The summed E-state index contributed by atoms with van der Waals surface area (Å²) in [4.78, 5) is 14.7. The topological polar surface area (TPSA) is 67.9 Å². The monoisotopic (exact) mass is 373 g/mol. The van der Waals surface area contributed by atoms with Crippen LogP contribution in [0.25, 0.3) is 6.08 Å². The Morgan fingerprint density at radius 1 is 1.15 bits per heavy atom. The zero-order chi connectivity index (χ0) is 19.2. The van der Waals surface area contributed by atoms with Crippen LogP contribution in [0.3, 0.4) is 0 Å². The molecule has 0 bridgehead atoms. The second-order valence-electron chi connectivity index (χ2n) is 6.95. The first-order valence-corrected chi connectivity index (χ1v) is 9.05. The molecule has 1 saturated heterocycles. The molecule has 0 radical (unpaired) electrons. The Morgan fingerprint density at radius 3 is 2.56 bits per heavy atom. The second kappa shape index (κ2) is 6.27. The Kier molecular flexibility index (Phi) is 4.02. The van der Waals surface area contributed by atoms with Gasteiger partial charge in [0, 0.05) is 16.6 Å². The first-order valence-electron chi connectivity index (χ1n) is 8.67. The summed E-state index contributed by atoms with van der Waals surface area (Å²) in [5.41, 5.74) is 1.16. The van der Waals surface area contributed by atoms with Crippen LogP contribution < -0.4 is 4.90 Å². The molecule has 1 fully saturated rings. The third kappa shape index (κ3) is 2.38. The van der Waals surface area contributed by atoms with E-state index in [1.54, 1.807) is 18.2 Å². The fourth-order valence-corrected chi connectivity index (χ4v) is 4.66. The standard InChI is InChI=1S/C22H16ClN3O/c1-14(27)21-20(16-6-4-7-17(23)11-16)22(12-24,13-25)19-10-9-15-5-2-3-8-18(15)26(19)21/h2-11,19-21H,1H3/t19-,20+,21+/m0/s1. The van der Waals surface area contributed by atoms with Gasteiger partial charge in [0.15, 0.2) is 11.2 Å². The van der Waals surface area contributed by atoms with Crippen LogP contribution in [0, 0.1) is 28.1 Å². The van der Waals surface area contributed by atoms with E-state index in [0.717, 1.165) is 16.8 Å². The maximum Gasteiger partial charge on any atom is 0.176 e. The van der Waals surface area contributed by atoms with E-state index >= 15 is 0 Å². The van der Waals surface area contributed by atoms with Gasteiger partial charge < -0.3 is 4.90 Å². The molecule has 27 heavy (non-hydrogen) atoms. The normalized spacial score (nSPS) is 24.4. The Labute approximate surface area is 162 Å². The molecule has 4 rings (SSSR count). The highest BCUT2D eigenvalue weighted by Gasteiger charge is 2.62.